The van der Waals surface area contributed by atoms with Gasteiger partial charge in [0.1, 0.15) is 12.1 Å². The summed E-state index contributed by atoms with van der Waals surface area (Å²) in [5.74, 6) is 0.707. The number of thiazole rings is 1. The van der Waals surface area contributed by atoms with E-state index < -0.39 is 0 Å². The van der Waals surface area contributed by atoms with Gasteiger partial charge in [0.25, 0.3) is 0 Å². The number of hydrogen-bond donors (Lipinski definition) is 0. The molecule has 0 bridgehead atoms. The molecule has 19 heavy (non-hydrogen) atoms. The monoisotopic (exact) mass is 270 g/mol. The minimum absolute atomic E-state index is 0.540. The molecule has 0 spiro atoms. The van der Waals surface area contributed by atoms with E-state index in [-0.39, 0.29) is 0 Å². The van der Waals surface area contributed by atoms with Gasteiger partial charge in [-0.05, 0) is 19.4 Å². The van der Waals surface area contributed by atoms with Crippen molar-refractivity contribution in [3.05, 3.63) is 52.7 Å². The molecule has 1 aromatic carbocycles. The Balaban J connectivity index is 1.91. The molecule has 3 rings (SSSR count). The summed E-state index contributed by atoms with van der Waals surface area (Å²) in [6, 6.07) is 10.1. The first kappa shape index (κ1) is 12.1. The fourth-order valence-electron chi connectivity index (χ4n) is 2.02. The van der Waals surface area contributed by atoms with E-state index in [1.54, 1.807) is 11.3 Å². The molecule has 0 unspecified atom stereocenters. The van der Waals surface area contributed by atoms with Crippen molar-refractivity contribution in [2.45, 2.75) is 20.5 Å². The summed E-state index contributed by atoms with van der Waals surface area (Å²) in [6.45, 7) is 4.54. The molecular formula is C15H14N2OS. The molecule has 0 amide bonds. The molecule has 0 fully saturated rings. The highest BCUT2D eigenvalue weighted by atomic mass is 32.1. The number of ether oxygens (including phenoxy) is 1. The Morgan fingerprint density at radius 2 is 1.95 bits per heavy atom. The normalized spacial score (nSPS) is 10.8. The minimum atomic E-state index is 0.540. The quantitative estimate of drug-likeness (QED) is 0.724. The summed E-state index contributed by atoms with van der Waals surface area (Å²) in [7, 11) is 0. The van der Waals surface area contributed by atoms with Crippen LogP contribution in [0.4, 0.5) is 0 Å². The first-order valence-corrected chi connectivity index (χ1v) is 7.01. The summed E-state index contributed by atoms with van der Waals surface area (Å²) in [4.78, 5) is 8.85. The van der Waals surface area contributed by atoms with E-state index in [9.17, 15) is 0 Å². The Labute approximate surface area is 115 Å². The van der Waals surface area contributed by atoms with Gasteiger partial charge >= 0.3 is 0 Å². The third kappa shape index (κ3) is 2.31. The number of hydrogen-bond acceptors (Lipinski definition) is 4. The molecule has 0 N–H and O–H groups in total. The molecule has 0 saturated carbocycles. The zero-order chi connectivity index (χ0) is 13.2. The SMILES string of the molecule is Cc1nc(OCc2ccccc2)c(C)c2scnc12. The van der Waals surface area contributed by atoms with E-state index in [4.69, 9.17) is 4.74 Å². The molecule has 0 aliphatic carbocycles. The topological polar surface area (TPSA) is 35.0 Å². The Hall–Kier alpha value is -1.94. The fourth-order valence-corrected chi connectivity index (χ4v) is 2.86. The maximum Gasteiger partial charge on any atom is 0.218 e. The van der Waals surface area contributed by atoms with Gasteiger partial charge in [0.05, 0.1) is 15.9 Å². The van der Waals surface area contributed by atoms with Crippen molar-refractivity contribution in [2.75, 3.05) is 0 Å². The predicted molar refractivity (Wildman–Crippen MR) is 77.7 cm³/mol. The lowest BCUT2D eigenvalue weighted by Gasteiger charge is -2.09. The first-order chi connectivity index (χ1) is 9.25. The Kier molecular flexibility index (Phi) is 3.17. The lowest BCUT2D eigenvalue weighted by atomic mass is 10.2. The van der Waals surface area contributed by atoms with Crippen LogP contribution >= 0.6 is 11.3 Å². The van der Waals surface area contributed by atoms with Gasteiger partial charge in [-0.1, -0.05) is 30.3 Å². The van der Waals surface area contributed by atoms with Crippen LogP contribution in [0.25, 0.3) is 10.2 Å². The van der Waals surface area contributed by atoms with Crippen LogP contribution in [-0.4, -0.2) is 9.97 Å². The van der Waals surface area contributed by atoms with E-state index in [1.807, 2.05) is 49.7 Å². The summed E-state index contributed by atoms with van der Waals surface area (Å²) < 4.78 is 7.01. The second-order valence-corrected chi connectivity index (χ2v) is 5.29. The van der Waals surface area contributed by atoms with Gasteiger partial charge in [-0.3, -0.25) is 0 Å². The minimum Gasteiger partial charge on any atom is -0.473 e. The van der Waals surface area contributed by atoms with Crippen molar-refractivity contribution in [1.82, 2.24) is 9.97 Å². The van der Waals surface area contributed by atoms with Gasteiger partial charge in [0.15, 0.2) is 0 Å². The number of nitrogens with zero attached hydrogens (tertiary/aromatic N) is 2. The Bertz CT molecular complexity index is 707. The average Bonchev–Trinajstić information content (AvgIpc) is 2.92. The third-order valence-corrected chi connectivity index (χ3v) is 4.01. The van der Waals surface area contributed by atoms with E-state index in [2.05, 4.69) is 9.97 Å². The molecule has 2 heterocycles. The first-order valence-electron chi connectivity index (χ1n) is 6.13. The summed E-state index contributed by atoms with van der Waals surface area (Å²) >= 11 is 1.63. The zero-order valence-corrected chi connectivity index (χ0v) is 11.7. The fraction of sp³-hybridized carbons (Fsp3) is 0.200. The second-order valence-electron chi connectivity index (χ2n) is 4.43. The van der Waals surface area contributed by atoms with Crippen LogP contribution in [0.15, 0.2) is 35.8 Å². The molecule has 0 saturated heterocycles. The Morgan fingerprint density at radius 3 is 2.74 bits per heavy atom. The van der Waals surface area contributed by atoms with E-state index in [0.29, 0.717) is 12.5 Å². The average molecular weight is 270 g/mol. The van der Waals surface area contributed by atoms with Crippen LogP contribution < -0.4 is 4.74 Å². The standard InChI is InChI=1S/C15H14N2OS/c1-10-14-13(16-9-19-14)11(2)17-15(10)18-8-12-6-4-3-5-7-12/h3-7,9H,8H2,1-2H3. The van der Waals surface area contributed by atoms with Crippen LogP contribution in [0.3, 0.4) is 0 Å². The van der Waals surface area contributed by atoms with Gasteiger partial charge in [-0.15, -0.1) is 11.3 Å². The van der Waals surface area contributed by atoms with E-state index in [0.717, 1.165) is 27.0 Å². The lowest BCUT2D eigenvalue weighted by molar-refractivity contribution is 0.292. The number of pyridine rings is 1. The van der Waals surface area contributed by atoms with Gasteiger partial charge < -0.3 is 4.74 Å². The van der Waals surface area contributed by atoms with Gasteiger partial charge in [-0.2, -0.15) is 0 Å². The maximum atomic E-state index is 5.85. The molecule has 3 nitrogen and oxygen atoms in total. The van der Waals surface area contributed by atoms with Crippen LogP contribution in [0.1, 0.15) is 16.8 Å². The molecule has 0 aliphatic rings. The highest BCUT2D eigenvalue weighted by molar-refractivity contribution is 7.17. The number of rotatable bonds is 3. The van der Waals surface area contributed by atoms with Crippen molar-refractivity contribution >= 4 is 21.6 Å². The number of aryl methyl sites for hydroxylation is 2. The number of fused-ring (bicyclic) bond motifs is 1. The van der Waals surface area contributed by atoms with Crippen molar-refractivity contribution in [1.29, 1.82) is 0 Å². The van der Waals surface area contributed by atoms with Crippen molar-refractivity contribution in [3.8, 4) is 5.88 Å². The summed E-state index contributed by atoms with van der Waals surface area (Å²) in [6.07, 6.45) is 0. The van der Waals surface area contributed by atoms with Gasteiger partial charge in [-0.25, -0.2) is 9.97 Å². The van der Waals surface area contributed by atoms with E-state index >= 15 is 0 Å². The predicted octanol–water partition coefficient (Wildman–Crippen LogP) is 3.89. The molecular weight excluding hydrogens is 256 g/mol. The molecule has 0 radical (unpaired) electrons. The molecule has 3 aromatic rings. The van der Waals surface area contributed by atoms with Gasteiger partial charge in [0.2, 0.25) is 5.88 Å². The molecule has 0 aliphatic heterocycles. The van der Waals surface area contributed by atoms with Crippen molar-refractivity contribution in [2.24, 2.45) is 0 Å². The van der Waals surface area contributed by atoms with Crippen LogP contribution in [0.5, 0.6) is 5.88 Å². The van der Waals surface area contributed by atoms with Crippen LogP contribution in [0, 0.1) is 13.8 Å². The van der Waals surface area contributed by atoms with Crippen LogP contribution in [-0.2, 0) is 6.61 Å². The smallest absolute Gasteiger partial charge is 0.218 e. The largest absolute Gasteiger partial charge is 0.473 e. The Morgan fingerprint density at radius 1 is 1.16 bits per heavy atom. The molecule has 4 heteroatoms. The highest BCUT2D eigenvalue weighted by Crippen LogP contribution is 2.30. The number of benzene rings is 1. The third-order valence-electron chi connectivity index (χ3n) is 3.06. The maximum absolute atomic E-state index is 5.85. The summed E-state index contributed by atoms with van der Waals surface area (Å²) in [5, 5.41) is 0. The second kappa shape index (κ2) is 4.97. The van der Waals surface area contributed by atoms with Crippen molar-refractivity contribution < 1.29 is 4.74 Å². The summed E-state index contributed by atoms with van der Waals surface area (Å²) in [5.41, 5.74) is 5.97. The van der Waals surface area contributed by atoms with Crippen molar-refractivity contribution in [3.63, 3.8) is 0 Å². The molecule has 96 valence electrons. The lowest BCUT2D eigenvalue weighted by Crippen LogP contribution is -2.00. The number of aromatic nitrogens is 2. The van der Waals surface area contributed by atoms with Crippen LogP contribution in [0.2, 0.25) is 0 Å². The molecule has 0 atom stereocenters. The zero-order valence-electron chi connectivity index (χ0n) is 10.9. The van der Waals surface area contributed by atoms with Gasteiger partial charge in [0, 0.05) is 5.56 Å². The highest BCUT2D eigenvalue weighted by Gasteiger charge is 2.11. The molecule has 2 aromatic heterocycles. The van der Waals surface area contributed by atoms with E-state index in [1.165, 1.54) is 0 Å².